The molecule has 72 valence electrons. The average Bonchev–Trinajstić information content (AvgIpc) is 2.32. The molecular weight excluding hydrogens is 150 g/mol. The van der Waals surface area contributed by atoms with Crippen LogP contribution < -0.4 is 5.73 Å². The molecular formula is C10H21NO. The minimum absolute atomic E-state index is 0.0282. The molecule has 12 heavy (non-hydrogen) atoms. The largest absolute Gasteiger partial charge is 0.371 e. The molecule has 0 aliphatic carbocycles. The third-order valence-electron chi connectivity index (χ3n) is 2.61. The summed E-state index contributed by atoms with van der Waals surface area (Å²) in [6, 6.07) is 0. The predicted molar refractivity (Wildman–Crippen MR) is 51.0 cm³/mol. The highest BCUT2D eigenvalue weighted by Gasteiger charge is 2.34. The van der Waals surface area contributed by atoms with Gasteiger partial charge in [-0.1, -0.05) is 13.8 Å². The minimum Gasteiger partial charge on any atom is -0.371 e. The molecule has 1 rings (SSSR count). The summed E-state index contributed by atoms with van der Waals surface area (Å²) in [6.45, 7) is 7.25. The van der Waals surface area contributed by atoms with E-state index in [1.54, 1.807) is 0 Å². The smallest absolute Gasteiger partial charge is 0.0780 e. The van der Waals surface area contributed by atoms with Crippen molar-refractivity contribution in [3.63, 3.8) is 0 Å². The number of nitrogens with two attached hydrogens (primary N) is 1. The highest BCUT2D eigenvalue weighted by Crippen LogP contribution is 2.31. The molecule has 1 aliphatic rings. The van der Waals surface area contributed by atoms with Crippen LogP contribution in [0.4, 0.5) is 0 Å². The van der Waals surface area contributed by atoms with Gasteiger partial charge < -0.3 is 10.5 Å². The summed E-state index contributed by atoms with van der Waals surface area (Å²) in [6.07, 6.45) is 3.95. The first-order chi connectivity index (χ1) is 5.56. The Kier molecular flexibility index (Phi) is 3.13. The van der Waals surface area contributed by atoms with Gasteiger partial charge in [0.05, 0.1) is 11.7 Å². The maximum Gasteiger partial charge on any atom is 0.0780 e. The summed E-state index contributed by atoms with van der Waals surface area (Å²) in [5.41, 5.74) is 5.61. The normalized spacial score (nSPS) is 36.2. The van der Waals surface area contributed by atoms with Crippen molar-refractivity contribution in [2.75, 3.05) is 6.54 Å². The highest BCUT2D eigenvalue weighted by atomic mass is 16.5. The van der Waals surface area contributed by atoms with Crippen LogP contribution >= 0.6 is 0 Å². The lowest BCUT2D eigenvalue weighted by atomic mass is 10.00. The van der Waals surface area contributed by atoms with E-state index < -0.39 is 0 Å². The van der Waals surface area contributed by atoms with Crippen LogP contribution in [-0.4, -0.2) is 18.2 Å². The van der Waals surface area contributed by atoms with E-state index >= 15 is 0 Å². The lowest BCUT2D eigenvalue weighted by molar-refractivity contribution is -0.0290. The van der Waals surface area contributed by atoms with Crippen molar-refractivity contribution >= 4 is 0 Å². The Labute approximate surface area is 75.5 Å². The quantitative estimate of drug-likeness (QED) is 0.704. The second kappa shape index (κ2) is 3.75. The van der Waals surface area contributed by atoms with Crippen LogP contribution in [0.2, 0.25) is 0 Å². The lowest BCUT2D eigenvalue weighted by Crippen LogP contribution is -2.34. The van der Waals surface area contributed by atoms with Crippen LogP contribution in [0.3, 0.4) is 0 Å². The number of hydrogen-bond acceptors (Lipinski definition) is 2. The zero-order valence-corrected chi connectivity index (χ0v) is 8.47. The van der Waals surface area contributed by atoms with Crippen LogP contribution in [0, 0.1) is 5.92 Å². The highest BCUT2D eigenvalue weighted by molar-refractivity contribution is 4.85. The van der Waals surface area contributed by atoms with Gasteiger partial charge in [0.15, 0.2) is 0 Å². The number of rotatable bonds is 3. The molecule has 0 aromatic heterocycles. The van der Waals surface area contributed by atoms with E-state index in [0.29, 0.717) is 12.6 Å². The molecule has 0 spiro atoms. The summed E-state index contributed by atoms with van der Waals surface area (Å²) in [4.78, 5) is 0. The standard InChI is InChI=1S/C10H21NO/c1-8(2)6-9-4-5-10(3,7-11)12-9/h8-9H,4-7,11H2,1-3H3. The van der Waals surface area contributed by atoms with E-state index in [9.17, 15) is 0 Å². The second-order valence-electron chi connectivity index (χ2n) is 4.56. The van der Waals surface area contributed by atoms with E-state index in [0.717, 1.165) is 12.3 Å². The van der Waals surface area contributed by atoms with Crippen LogP contribution in [0.15, 0.2) is 0 Å². The van der Waals surface area contributed by atoms with Crippen LogP contribution in [0.25, 0.3) is 0 Å². The Morgan fingerprint density at radius 2 is 2.25 bits per heavy atom. The molecule has 2 unspecified atom stereocenters. The van der Waals surface area contributed by atoms with Gasteiger partial charge >= 0.3 is 0 Å². The molecule has 2 heteroatoms. The van der Waals surface area contributed by atoms with Gasteiger partial charge in [-0.25, -0.2) is 0 Å². The van der Waals surface area contributed by atoms with Crippen LogP contribution in [0.5, 0.6) is 0 Å². The summed E-state index contributed by atoms with van der Waals surface area (Å²) in [5.74, 6) is 0.732. The van der Waals surface area contributed by atoms with Crippen molar-refractivity contribution in [3.8, 4) is 0 Å². The molecule has 0 aromatic carbocycles. The first-order valence-corrected chi connectivity index (χ1v) is 4.93. The molecule has 1 aliphatic heterocycles. The zero-order valence-electron chi connectivity index (χ0n) is 8.47. The van der Waals surface area contributed by atoms with Gasteiger partial charge in [-0.3, -0.25) is 0 Å². The summed E-state index contributed by atoms with van der Waals surface area (Å²) in [5, 5.41) is 0. The maximum absolute atomic E-state index is 5.88. The molecule has 0 radical (unpaired) electrons. The van der Waals surface area contributed by atoms with Gasteiger partial charge in [0, 0.05) is 6.54 Å². The monoisotopic (exact) mass is 171 g/mol. The molecule has 1 fully saturated rings. The van der Waals surface area contributed by atoms with Crippen LogP contribution in [0.1, 0.15) is 40.0 Å². The molecule has 1 heterocycles. The molecule has 2 atom stereocenters. The molecule has 1 saturated heterocycles. The van der Waals surface area contributed by atoms with Gasteiger partial charge in [-0.15, -0.1) is 0 Å². The maximum atomic E-state index is 5.88. The number of ether oxygens (including phenoxy) is 1. The van der Waals surface area contributed by atoms with Crippen molar-refractivity contribution in [2.24, 2.45) is 11.7 Å². The fourth-order valence-electron chi connectivity index (χ4n) is 1.83. The van der Waals surface area contributed by atoms with E-state index in [-0.39, 0.29) is 5.60 Å². The van der Waals surface area contributed by atoms with Crippen molar-refractivity contribution in [1.82, 2.24) is 0 Å². The topological polar surface area (TPSA) is 35.2 Å². The van der Waals surface area contributed by atoms with Crippen molar-refractivity contribution in [1.29, 1.82) is 0 Å². The van der Waals surface area contributed by atoms with Crippen LogP contribution in [-0.2, 0) is 4.74 Å². The minimum atomic E-state index is -0.0282. The molecule has 2 nitrogen and oxygen atoms in total. The molecule has 2 N–H and O–H groups in total. The fraction of sp³-hybridized carbons (Fsp3) is 1.00. The Bertz CT molecular complexity index is 147. The SMILES string of the molecule is CC(C)CC1CCC(C)(CN)O1. The fourth-order valence-corrected chi connectivity index (χ4v) is 1.83. The Morgan fingerprint density at radius 1 is 1.58 bits per heavy atom. The first-order valence-electron chi connectivity index (χ1n) is 4.93. The van der Waals surface area contributed by atoms with E-state index in [4.69, 9.17) is 10.5 Å². The van der Waals surface area contributed by atoms with Gasteiger partial charge in [-0.2, -0.15) is 0 Å². The summed E-state index contributed by atoms with van der Waals surface area (Å²) in [7, 11) is 0. The first kappa shape index (κ1) is 10.0. The Morgan fingerprint density at radius 3 is 2.67 bits per heavy atom. The second-order valence-corrected chi connectivity index (χ2v) is 4.56. The van der Waals surface area contributed by atoms with Crippen molar-refractivity contribution in [2.45, 2.75) is 51.7 Å². The zero-order chi connectivity index (χ0) is 9.19. The summed E-state index contributed by atoms with van der Waals surface area (Å²) < 4.78 is 5.88. The van der Waals surface area contributed by atoms with Crippen molar-refractivity contribution in [3.05, 3.63) is 0 Å². The summed E-state index contributed by atoms with van der Waals surface area (Å²) >= 11 is 0. The van der Waals surface area contributed by atoms with Gasteiger partial charge in [0.1, 0.15) is 0 Å². The van der Waals surface area contributed by atoms with E-state index in [2.05, 4.69) is 20.8 Å². The Hall–Kier alpha value is -0.0800. The third-order valence-corrected chi connectivity index (χ3v) is 2.61. The Balaban J connectivity index is 2.35. The molecule has 0 aromatic rings. The van der Waals surface area contributed by atoms with Crippen molar-refractivity contribution < 1.29 is 4.74 Å². The van der Waals surface area contributed by atoms with Gasteiger partial charge in [0.25, 0.3) is 0 Å². The molecule has 0 amide bonds. The van der Waals surface area contributed by atoms with Gasteiger partial charge in [0.2, 0.25) is 0 Å². The number of hydrogen-bond donors (Lipinski definition) is 1. The van der Waals surface area contributed by atoms with Gasteiger partial charge in [-0.05, 0) is 32.1 Å². The predicted octanol–water partition coefficient (Wildman–Crippen LogP) is 1.93. The molecule has 0 saturated carbocycles. The molecule has 0 bridgehead atoms. The average molecular weight is 171 g/mol. The lowest BCUT2D eigenvalue weighted by Gasteiger charge is -2.23. The van der Waals surface area contributed by atoms with E-state index in [1.807, 2.05) is 0 Å². The third kappa shape index (κ3) is 2.46. The van der Waals surface area contributed by atoms with E-state index in [1.165, 1.54) is 12.8 Å².